The number of benzene rings is 1. The van der Waals surface area contributed by atoms with Gasteiger partial charge in [0.25, 0.3) is 0 Å². The van der Waals surface area contributed by atoms with Gasteiger partial charge in [-0.15, -0.1) is 0 Å². The number of hydrogen-bond acceptors (Lipinski definition) is 3. The number of urea groups is 1. The SMILES string of the molecule is CC1CN(C(=O)NCCCOC2CCOCC2)c2ccccc21. The third-order valence-corrected chi connectivity index (χ3v) is 4.58. The average Bonchev–Trinajstić information content (AvgIpc) is 2.93. The normalized spacial score (nSPS) is 21.3. The molecule has 2 heterocycles. The van der Waals surface area contributed by atoms with Gasteiger partial charge in [0.05, 0.1) is 6.10 Å². The Labute approximate surface area is 137 Å². The molecule has 0 spiro atoms. The van der Waals surface area contributed by atoms with Crippen LogP contribution in [0.2, 0.25) is 0 Å². The number of fused-ring (bicyclic) bond motifs is 1. The predicted molar refractivity (Wildman–Crippen MR) is 90.0 cm³/mol. The van der Waals surface area contributed by atoms with Crippen molar-refractivity contribution in [3.63, 3.8) is 0 Å². The molecular formula is C18H26N2O3. The van der Waals surface area contributed by atoms with E-state index in [1.165, 1.54) is 5.56 Å². The smallest absolute Gasteiger partial charge is 0.321 e. The standard InChI is InChI=1S/C18H26N2O3/c1-14-13-20(17-6-3-2-5-16(14)17)18(21)19-9-4-10-23-15-7-11-22-12-8-15/h2-3,5-6,14-15H,4,7-13H2,1H3,(H,19,21). The van der Waals surface area contributed by atoms with Crippen LogP contribution in [0.4, 0.5) is 10.5 Å². The lowest BCUT2D eigenvalue weighted by Crippen LogP contribution is -2.40. The Kier molecular flexibility index (Phi) is 5.51. The molecule has 2 aliphatic heterocycles. The lowest BCUT2D eigenvalue weighted by atomic mass is 10.0. The van der Waals surface area contributed by atoms with Gasteiger partial charge in [0, 0.05) is 44.5 Å². The Hall–Kier alpha value is -1.59. The molecule has 1 N–H and O–H groups in total. The van der Waals surface area contributed by atoms with E-state index in [1.54, 1.807) is 0 Å². The van der Waals surface area contributed by atoms with Crippen LogP contribution >= 0.6 is 0 Å². The van der Waals surface area contributed by atoms with Crippen LogP contribution in [0, 0.1) is 0 Å². The third-order valence-electron chi connectivity index (χ3n) is 4.58. The number of anilines is 1. The zero-order chi connectivity index (χ0) is 16.1. The van der Waals surface area contributed by atoms with Crippen molar-refractivity contribution in [3.05, 3.63) is 29.8 Å². The van der Waals surface area contributed by atoms with Crippen LogP contribution < -0.4 is 10.2 Å². The minimum Gasteiger partial charge on any atom is -0.381 e. The summed E-state index contributed by atoms with van der Waals surface area (Å²) in [5, 5.41) is 3.01. The molecule has 23 heavy (non-hydrogen) atoms. The number of nitrogens with one attached hydrogen (secondary N) is 1. The summed E-state index contributed by atoms with van der Waals surface area (Å²) in [5.41, 5.74) is 2.29. The van der Waals surface area contributed by atoms with Crippen molar-refractivity contribution in [1.29, 1.82) is 0 Å². The van der Waals surface area contributed by atoms with Crippen molar-refractivity contribution in [2.24, 2.45) is 0 Å². The van der Waals surface area contributed by atoms with Gasteiger partial charge in [-0.25, -0.2) is 4.79 Å². The highest BCUT2D eigenvalue weighted by Gasteiger charge is 2.29. The van der Waals surface area contributed by atoms with Gasteiger partial charge in [-0.05, 0) is 30.9 Å². The number of para-hydroxylation sites is 1. The number of nitrogens with zero attached hydrogens (tertiary/aromatic N) is 1. The number of carbonyl (C=O) groups excluding carboxylic acids is 1. The quantitative estimate of drug-likeness (QED) is 0.849. The van der Waals surface area contributed by atoms with E-state index in [0.29, 0.717) is 25.2 Å². The molecule has 1 aromatic rings. The van der Waals surface area contributed by atoms with Gasteiger partial charge in [-0.1, -0.05) is 25.1 Å². The zero-order valence-corrected chi connectivity index (χ0v) is 13.8. The number of hydrogen-bond donors (Lipinski definition) is 1. The molecule has 0 bridgehead atoms. The molecule has 0 radical (unpaired) electrons. The molecule has 3 rings (SSSR count). The molecule has 0 aliphatic carbocycles. The number of carbonyl (C=O) groups is 1. The molecule has 1 atom stereocenters. The first-order valence-electron chi connectivity index (χ1n) is 8.59. The fraction of sp³-hybridized carbons (Fsp3) is 0.611. The zero-order valence-electron chi connectivity index (χ0n) is 13.8. The van der Waals surface area contributed by atoms with Crippen LogP contribution in [0.15, 0.2) is 24.3 Å². The maximum atomic E-state index is 12.4. The van der Waals surface area contributed by atoms with Crippen molar-refractivity contribution in [1.82, 2.24) is 5.32 Å². The Morgan fingerprint density at radius 3 is 2.96 bits per heavy atom. The Balaban J connectivity index is 1.38. The largest absolute Gasteiger partial charge is 0.381 e. The maximum absolute atomic E-state index is 12.4. The van der Waals surface area contributed by atoms with E-state index < -0.39 is 0 Å². The van der Waals surface area contributed by atoms with Gasteiger partial charge < -0.3 is 14.8 Å². The molecule has 2 amide bonds. The van der Waals surface area contributed by atoms with Gasteiger partial charge in [0.2, 0.25) is 0 Å². The van der Waals surface area contributed by atoms with E-state index in [9.17, 15) is 4.79 Å². The Morgan fingerprint density at radius 2 is 2.13 bits per heavy atom. The van der Waals surface area contributed by atoms with Crippen molar-refractivity contribution < 1.29 is 14.3 Å². The molecular weight excluding hydrogens is 292 g/mol. The molecule has 0 saturated carbocycles. The fourth-order valence-electron chi connectivity index (χ4n) is 3.27. The van der Waals surface area contributed by atoms with Crippen molar-refractivity contribution >= 4 is 11.7 Å². The molecule has 5 heteroatoms. The minimum atomic E-state index is -0.00661. The molecule has 0 aromatic heterocycles. The highest BCUT2D eigenvalue weighted by Crippen LogP contribution is 2.35. The highest BCUT2D eigenvalue weighted by atomic mass is 16.5. The lowest BCUT2D eigenvalue weighted by Gasteiger charge is -2.22. The molecule has 1 fully saturated rings. The van der Waals surface area contributed by atoms with Gasteiger partial charge in [-0.3, -0.25) is 4.90 Å². The van der Waals surface area contributed by atoms with E-state index in [0.717, 1.165) is 44.7 Å². The van der Waals surface area contributed by atoms with E-state index in [2.05, 4.69) is 18.3 Å². The van der Waals surface area contributed by atoms with Gasteiger partial charge in [0.1, 0.15) is 0 Å². The van der Waals surface area contributed by atoms with E-state index in [4.69, 9.17) is 9.47 Å². The topological polar surface area (TPSA) is 50.8 Å². The number of ether oxygens (including phenoxy) is 2. The lowest BCUT2D eigenvalue weighted by molar-refractivity contribution is -0.0320. The summed E-state index contributed by atoms with van der Waals surface area (Å²) in [6.45, 7) is 5.85. The van der Waals surface area contributed by atoms with Gasteiger partial charge in [-0.2, -0.15) is 0 Å². The summed E-state index contributed by atoms with van der Waals surface area (Å²) >= 11 is 0. The van der Waals surface area contributed by atoms with E-state index >= 15 is 0 Å². The first kappa shape index (κ1) is 16.3. The van der Waals surface area contributed by atoms with Crippen molar-refractivity contribution in [2.45, 2.75) is 38.2 Å². The first-order valence-corrected chi connectivity index (χ1v) is 8.59. The summed E-state index contributed by atoms with van der Waals surface area (Å²) < 4.78 is 11.1. The summed E-state index contributed by atoms with van der Waals surface area (Å²) in [7, 11) is 0. The van der Waals surface area contributed by atoms with E-state index in [1.807, 2.05) is 23.1 Å². The van der Waals surface area contributed by atoms with Crippen LogP contribution in [0.25, 0.3) is 0 Å². The molecule has 5 nitrogen and oxygen atoms in total. The summed E-state index contributed by atoms with van der Waals surface area (Å²) in [6.07, 6.45) is 3.13. The second-order valence-corrected chi connectivity index (χ2v) is 6.34. The van der Waals surface area contributed by atoms with Gasteiger partial charge in [0.15, 0.2) is 0 Å². The van der Waals surface area contributed by atoms with Crippen LogP contribution in [0.3, 0.4) is 0 Å². The van der Waals surface area contributed by atoms with E-state index in [-0.39, 0.29) is 6.03 Å². The van der Waals surface area contributed by atoms with Crippen LogP contribution in [-0.4, -0.2) is 45.0 Å². The summed E-state index contributed by atoms with van der Waals surface area (Å²) in [5.74, 6) is 0.397. The predicted octanol–water partition coefficient (Wildman–Crippen LogP) is 2.91. The molecule has 1 unspecified atom stereocenters. The Morgan fingerprint density at radius 1 is 1.35 bits per heavy atom. The molecule has 2 aliphatic rings. The van der Waals surface area contributed by atoms with Crippen LogP contribution in [0.5, 0.6) is 0 Å². The molecule has 1 saturated heterocycles. The van der Waals surface area contributed by atoms with Crippen molar-refractivity contribution in [3.8, 4) is 0 Å². The first-order chi connectivity index (χ1) is 11.3. The monoisotopic (exact) mass is 318 g/mol. The minimum absolute atomic E-state index is 0.00661. The Bertz CT molecular complexity index is 529. The number of amides is 2. The molecule has 126 valence electrons. The van der Waals surface area contributed by atoms with Crippen LogP contribution in [0.1, 0.15) is 37.7 Å². The van der Waals surface area contributed by atoms with Crippen LogP contribution in [-0.2, 0) is 9.47 Å². The highest BCUT2D eigenvalue weighted by molar-refractivity contribution is 5.94. The number of rotatable bonds is 5. The molecule has 1 aromatic carbocycles. The summed E-state index contributed by atoms with van der Waals surface area (Å²) in [4.78, 5) is 14.2. The summed E-state index contributed by atoms with van der Waals surface area (Å²) in [6, 6.07) is 8.14. The second-order valence-electron chi connectivity index (χ2n) is 6.34. The maximum Gasteiger partial charge on any atom is 0.321 e. The third kappa shape index (κ3) is 4.03. The second kappa shape index (κ2) is 7.79. The fourth-order valence-corrected chi connectivity index (χ4v) is 3.27. The average molecular weight is 318 g/mol. The van der Waals surface area contributed by atoms with Gasteiger partial charge >= 0.3 is 6.03 Å². The van der Waals surface area contributed by atoms with Crippen molar-refractivity contribution in [2.75, 3.05) is 37.8 Å².